The Hall–Kier alpha value is -3.16. The van der Waals surface area contributed by atoms with E-state index in [4.69, 9.17) is 4.42 Å². The molecule has 2 N–H and O–H groups in total. The Morgan fingerprint density at radius 1 is 1.10 bits per heavy atom. The summed E-state index contributed by atoms with van der Waals surface area (Å²) in [7, 11) is 1.73. The molecule has 3 rings (SSSR count). The van der Waals surface area contributed by atoms with E-state index in [0.29, 0.717) is 24.9 Å². The number of aromatic nitrogens is 4. The topological polar surface area (TPSA) is 93.2 Å². The van der Waals surface area contributed by atoms with Gasteiger partial charge in [-0.15, -0.1) is 0 Å². The third-order valence-corrected chi connectivity index (χ3v) is 4.42. The second-order valence-corrected chi connectivity index (χ2v) is 8.01. The molecular formula is C21H29N7O. The van der Waals surface area contributed by atoms with Crippen LogP contribution in [0, 0.1) is 13.8 Å². The molecule has 0 radical (unpaired) electrons. The molecule has 0 spiro atoms. The van der Waals surface area contributed by atoms with Gasteiger partial charge in [-0.1, -0.05) is 26.8 Å². The molecule has 0 aromatic carbocycles. The molecular weight excluding hydrogens is 366 g/mol. The number of guanidine groups is 1. The van der Waals surface area contributed by atoms with E-state index in [2.05, 4.69) is 51.5 Å². The van der Waals surface area contributed by atoms with Crippen molar-refractivity contribution in [3.05, 3.63) is 59.2 Å². The van der Waals surface area contributed by atoms with Crippen molar-refractivity contribution in [1.29, 1.82) is 0 Å². The van der Waals surface area contributed by atoms with Crippen LogP contribution in [0.1, 0.15) is 49.4 Å². The summed E-state index contributed by atoms with van der Waals surface area (Å²) in [5, 5.41) is 11.0. The summed E-state index contributed by atoms with van der Waals surface area (Å²) in [5.74, 6) is 2.98. The molecule has 154 valence electrons. The minimum atomic E-state index is -0.0578. The summed E-state index contributed by atoms with van der Waals surface area (Å²) in [6.45, 7) is 11.3. The molecule has 3 aromatic rings. The van der Waals surface area contributed by atoms with Crippen LogP contribution in [-0.4, -0.2) is 32.8 Å². The number of hydrogen-bond acceptors (Lipinski definition) is 5. The maximum atomic E-state index is 5.80. The third kappa shape index (κ3) is 5.22. The summed E-state index contributed by atoms with van der Waals surface area (Å²) in [6.07, 6.45) is 3.62. The summed E-state index contributed by atoms with van der Waals surface area (Å²) in [6, 6.07) is 6.03. The summed E-state index contributed by atoms with van der Waals surface area (Å²) in [5.41, 5.74) is 3.03. The zero-order valence-corrected chi connectivity index (χ0v) is 17.9. The van der Waals surface area contributed by atoms with Crippen LogP contribution in [0.3, 0.4) is 0 Å². The van der Waals surface area contributed by atoms with E-state index >= 15 is 0 Å². The predicted octanol–water partition coefficient (Wildman–Crippen LogP) is 3.03. The number of hydrogen-bond donors (Lipinski definition) is 2. The molecule has 0 bridgehead atoms. The average molecular weight is 396 g/mol. The van der Waals surface area contributed by atoms with Crippen LogP contribution in [-0.2, 0) is 18.5 Å². The fourth-order valence-electron chi connectivity index (χ4n) is 2.81. The summed E-state index contributed by atoms with van der Waals surface area (Å²) in [4.78, 5) is 13.1. The van der Waals surface area contributed by atoms with Gasteiger partial charge in [0.2, 0.25) is 5.89 Å². The van der Waals surface area contributed by atoms with Crippen molar-refractivity contribution < 1.29 is 4.42 Å². The SMILES string of the molecule is CN=C(NCc1ccc(-n2nc(C)cc2C)nc1)NCc1ncc(C(C)(C)C)o1. The Morgan fingerprint density at radius 2 is 1.86 bits per heavy atom. The van der Waals surface area contributed by atoms with Crippen molar-refractivity contribution in [1.82, 2.24) is 30.4 Å². The lowest BCUT2D eigenvalue weighted by molar-refractivity contribution is 0.379. The fourth-order valence-corrected chi connectivity index (χ4v) is 2.81. The van der Waals surface area contributed by atoms with Crippen molar-refractivity contribution in [2.75, 3.05) is 7.05 Å². The van der Waals surface area contributed by atoms with E-state index in [0.717, 1.165) is 28.5 Å². The quantitative estimate of drug-likeness (QED) is 0.509. The van der Waals surface area contributed by atoms with Gasteiger partial charge < -0.3 is 15.1 Å². The molecule has 0 atom stereocenters. The smallest absolute Gasteiger partial charge is 0.213 e. The van der Waals surface area contributed by atoms with Crippen molar-refractivity contribution >= 4 is 5.96 Å². The molecule has 0 fully saturated rings. The highest BCUT2D eigenvalue weighted by molar-refractivity contribution is 5.79. The lowest BCUT2D eigenvalue weighted by atomic mass is 9.94. The maximum Gasteiger partial charge on any atom is 0.213 e. The van der Waals surface area contributed by atoms with Crippen molar-refractivity contribution in [3.63, 3.8) is 0 Å². The van der Waals surface area contributed by atoms with Crippen LogP contribution in [0.4, 0.5) is 0 Å². The highest BCUT2D eigenvalue weighted by Crippen LogP contribution is 2.22. The third-order valence-electron chi connectivity index (χ3n) is 4.42. The van der Waals surface area contributed by atoms with Gasteiger partial charge in [0.15, 0.2) is 11.8 Å². The highest BCUT2D eigenvalue weighted by Gasteiger charge is 2.19. The first-order valence-electron chi connectivity index (χ1n) is 9.64. The zero-order valence-electron chi connectivity index (χ0n) is 17.9. The predicted molar refractivity (Wildman–Crippen MR) is 113 cm³/mol. The van der Waals surface area contributed by atoms with Gasteiger partial charge in [0.25, 0.3) is 0 Å². The van der Waals surface area contributed by atoms with E-state index in [1.54, 1.807) is 13.2 Å². The number of nitrogens with zero attached hydrogens (tertiary/aromatic N) is 5. The number of nitrogens with one attached hydrogen (secondary N) is 2. The highest BCUT2D eigenvalue weighted by atomic mass is 16.4. The van der Waals surface area contributed by atoms with E-state index in [1.165, 1.54) is 0 Å². The minimum absolute atomic E-state index is 0.0578. The van der Waals surface area contributed by atoms with Gasteiger partial charge in [0.1, 0.15) is 5.76 Å². The normalized spacial score (nSPS) is 12.3. The van der Waals surface area contributed by atoms with Crippen LogP contribution in [0.5, 0.6) is 0 Å². The maximum absolute atomic E-state index is 5.80. The van der Waals surface area contributed by atoms with Gasteiger partial charge in [0.05, 0.1) is 18.4 Å². The number of aryl methyl sites for hydroxylation is 2. The Bertz CT molecular complexity index is 977. The molecule has 8 nitrogen and oxygen atoms in total. The number of aliphatic imine (C=N–C) groups is 1. The Kier molecular flexibility index (Phi) is 6.00. The molecule has 0 saturated heterocycles. The van der Waals surface area contributed by atoms with Crippen LogP contribution in [0.2, 0.25) is 0 Å². The molecule has 3 aromatic heterocycles. The van der Waals surface area contributed by atoms with E-state index in [1.807, 2.05) is 42.9 Å². The standard InChI is InChI=1S/C21H29N7O/c1-14-9-15(2)28(27-14)18-8-7-16(10-23-18)11-25-20(22-6)26-13-19-24-12-17(29-19)21(3,4)5/h7-10,12H,11,13H2,1-6H3,(H2,22,25,26). The summed E-state index contributed by atoms with van der Waals surface area (Å²) < 4.78 is 7.64. The summed E-state index contributed by atoms with van der Waals surface area (Å²) >= 11 is 0. The van der Waals surface area contributed by atoms with E-state index in [-0.39, 0.29) is 5.41 Å². The van der Waals surface area contributed by atoms with Crippen molar-refractivity contribution in [3.8, 4) is 5.82 Å². The fraction of sp³-hybridized carbons (Fsp3) is 0.429. The molecule has 0 aliphatic rings. The average Bonchev–Trinajstić information content (AvgIpc) is 3.28. The lowest BCUT2D eigenvalue weighted by Gasteiger charge is -2.13. The lowest BCUT2D eigenvalue weighted by Crippen LogP contribution is -2.36. The molecule has 0 amide bonds. The monoisotopic (exact) mass is 395 g/mol. The first-order chi connectivity index (χ1) is 13.8. The van der Waals surface area contributed by atoms with Gasteiger partial charge in [0, 0.05) is 30.9 Å². The molecule has 0 saturated carbocycles. The van der Waals surface area contributed by atoms with Crippen LogP contribution >= 0.6 is 0 Å². The van der Waals surface area contributed by atoms with Gasteiger partial charge in [-0.05, 0) is 31.5 Å². The largest absolute Gasteiger partial charge is 0.443 e. The Labute approximate surface area is 171 Å². The van der Waals surface area contributed by atoms with Crippen LogP contribution in [0.25, 0.3) is 5.82 Å². The first-order valence-corrected chi connectivity index (χ1v) is 9.64. The molecule has 0 aliphatic carbocycles. The molecule has 8 heteroatoms. The number of oxazole rings is 1. The van der Waals surface area contributed by atoms with Gasteiger partial charge in [-0.25, -0.2) is 14.6 Å². The first kappa shape index (κ1) is 20.6. The Balaban J connectivity index is 1.54. The van der Waals surface area contributed by atoms with Gasteiger partial charge >= 0.3 is 0 Å². The van der Waals surface area contributed by atoms with E-state index < -0.39 is 0 Å². The van der Waals surface area contributed by atoms with Gasteiger partial charge in [-0.2, -0.15) is 5.10 Å². The van der Waals surface area contributed by atoms with Crippen LogP contribution < -0.4 is 10.6 Å². The molecule has 3 heterocycles. The zero-order chi connectivity index (χ0) is 21.0. The number of pyridine rings is 1. The molecule has 29 heavy (non-hydrogen) atoms. The minimum Gasteiger partial charge on any atom is -0.443 e. The van der Waals surface area contributed by atoms with E-state index in [9.17, 15) is 0 Å². The van der Waals surface area contributed by atoms with Gasteiger partial charge in [-0.3, -0.25) is 4.99 Å². The van der Waals surface area contributed by atoms with Crippen molar-refractivity contribution in [2.45, 2.75) is 53.1 Å². The second-order valence-electron chi connectivity index (χ2n) is 8.01. The second kappa shape index (κ2) is 8.46. The van der Waals surface area contributed by atoms with Crippen molar-refractivity contribution in [2.24, 2.45) is 4.99 Å². The van der Waals surface area contributed by atoms with Crippen LogP contribution in [0.15, 0.2) is 40.0 Å². The number of rotatable bonds is 5. The molecule has 0 aliphatic heterocycles. The Morgan fingerprint density at radius 3 is 2.41 bits per heavy atom. The molecule has 0 unspecified atom stereocenters.